The summed E-state index contributed by atoms with van der Waals surface area (Å²) in [7, 11) is 0. The van der Waals surface area contributed by atoms with E-state index in [1.807, 2.05) is 0 Å². The molecule has 0 radical (unpaired) electrons. The molecule has 2 aliphatic heterocycles. The number of carbonyl (C=O) groups excluding carboxylic acids is 2. The van der Waals surface area contributed by atoms with Crippen molar-refractivity contribution in [2.45, 2.75) is 58.5 Å². The molecule has 30 heavy (non-hydrogen) atoms. The molecule has 1 aliphatic carbocycles. The number of rotatable bonds is 4. The number of ether oxygens (including phenoxy) is 2. The first-order chi connectivity index (χ1) is 14.2. The van der Waals surface area contributed by atoms with Crippen LogP contribution in [-0.2, 0) is 19.1 Å². The van der Waals surface area contributed by atoms with E-state index >= 15 is 0 Å². The number of benzene rings is 1. The maximum Gasteiger partial charge on any atom is 0.336 e. The fourth-order valence-corrected chi connectivity index (χ4v) is 4.91. The van der Waals surface area contributed by atoms with Gasteiger partial charge >= 0.3 is 5.97 Å². The van der Waals surface area contributed by atoms with Crippen LogP contribution in [0.15, 0.2) is 40.5 Å². The van der Waals surface area contributed by atoms with Crippen LogP contribution in [0.25, 0.3) is 0 Å². The van der Waals surface area contributed by atoms with Crippen LogP contribution in [0.5, 0.6) is 0 Å². The molecule has 1 aromatic carbocycles. The van der Waals surface area contributed by atoms with Gasteiger partial charge in [-0.1, -0.05) is 26.0 Å². The molecule has 0 aromatic heterocycles. The first-order valence-electron chi connectivity index (χ1n) is 10.6. The van der Waals surface area contributed by atoms with Gasteiger partial charge < -0.3 is 9.47 Å². The number of carbonyl (C=O) groups is 2. The van der Waals surface area contributed by atoms with Crippen molar-refractivity contribution in [2.24, 2.45) is 16.3 Å². The Kier molecular flexibility index (Phi) is 5.62. The highest BCUT2D eigenvalue weighted by atomic mass is 19.1. The highest BCUT2D eigenvalue weighted by molar-refractivity contribution is 6.12. The Morgan fingerprint density at radius 1 is 1.23 bits per heavy atom. The fraction of sp³-hybridized carbons (Fsp3) is 0.542. The van der Waals surface area contributed by atoms with Gasteiger partial charge in [-0.2, -0.15) is 0 Å². The van der Waals surface area contributed by atoms with Gasteiger partial charge in [0.2, 0.25) is 0 Å². The summed E-state index contributed by atoms with van der Waals surface area (Å²) >= 11 is 0. The Morgan fingerprint density at radius 3 is 2.63 bits per heavy atom. The van der Waals surface area contributed by atoms with Crippen LogP contribution in [-0.4, -0.2) is 36.8 Å². The lowest BCUT2D eigenvalue weighted by Gasteiger charge is -2.41. The number of nitrogens with zero attached hydrogens (tertiary/aromatic N) is 1. The number of Topliss-reactive ketones (excluding diaryl/α,β-unsaturated/α-hetero) is 1. The fourth-order valence-electron chi connectivity index (χ4n) is 4.91. The largest absolute Gasteiger partial charge is 0.460 e. The van der Waals surface area contributed by atoms with Crippen molar-refractivity contribution in [2.75, 3.05) is 13.2 Å². The molecule has 1 saturated heterocycles. The van der Waals surface area contributed by atoms with Gasteiger partial charge in [-0.15, -0.1) is 0 Å². The van der Waals surface area contributed by atoms with Crippen LogP contribution in [0, 0.1) is 17.2 Å². The van der Waals surface area contributed by atoms with Gasteiger partial charge in [-0.05, 0) is 49.3 Å². The molecule has 0 N–H and O–H groups in total. The molecule has 4 rings (SSSR count). The number of aliphatic imine (C=N–C) groups is 1. The van der Waals surface area contributed by atoms with Gasteiger partial charge in [-0.3, -0.25) is 9.79 Å². The topological polar surface area (TPSA) is 65.0 Å². The molecule has 0 unspecified atom stereocenters. The smallest absolute Gasteiger partial charge is 0.336 e. The molecule has 0 amide bonds. The SMILES string of the molecule is CC1=C(C(=O)OC[C@@H]2CCCO2)[C@H](c2ccc(F)cc2)[C@@H]2C(=O)CC(C)(C)CC2=N1. The van der Waals surface area contributed by atoms with Gasteiger partial charge in [0.25, 0.3) is 0 Å². The molecular formula is C24H28FNO4. The van der Waals surface area contributed by atoms with Crippen molar-refractivity contribution in [1.82, 2.24) is 0 Å². The summed E-state index contributed by atoms with van der Waals surface area (Å²) in [5.41, 5.74) is 2.32. The maximum absolute atomic E-state index is 13.6. The van der Waals surface area contributed by atoms with E-state index in [-0.39, 0.29) is 29.7 Å². The second-order valence-corrected chi connectivity index (χ2v) is 9.33. The predicted octanol–water partition coefficient (Wildman–Crippen LogP) is 4.37. The molecule has 0 spiro atoms. The average molecular weight is 413 g/mol. The Labute approximate surface area is 176 Å². The van der Waals surface area contributed by atoms with E-state index in [2.05, 4.69) is 13.8 Å². The Bertz CT molecular complexity index is 910. The Morgan fingerprint density at radius 2 is 1.97 bits per heavy atom. The summed E-state index contributed by atoms with van der Waals surface area (Å²) in [5, 5.41) is 0. The van der Waals surface area contributed by atoms with Crippen molar-refractivity contribution in [1.29, 1.82) is 0 Å². The van der Waals surface area contributed by atoms with Gasteiger partial charge in [0, 0.05) is 30.4 Å². The normalized spacial score (nSPS) is 28.2. The van der Waals surface area contributed by atoms with E-state index in [0.717, 1.165) is 24.1 Å². The van der Waals surface area contributed by atoms with E-state index in [9.17, 15) is 14.0 Å². The zero-order chi connectivity index (χ0) is 21.5. The minimum atomic E-state index is -0.516. The third-order valence-corrected chi connectivity index (χ3v) is 6.24. The summed E-state index contributed by atoms with van der Waals surface area (Å²) in [6.45, 7) is 6.77. The number of ketones is 1. The monoisotopic (exact) mass is 413 g/mol. The molecule has 5 nitrogen and oxygen atoms in total. The predicted molar refractivity (Wildman–Crippen MR) is 111 cm³/mol. The van der Waals surface area contributed by atoms with Gasteiger partial charge in [0.05, 0.1) is 17.6 Å². The van der Waals surface area contributed by atoms with Crippen molar-refractivity contribution < 1.29 is 23.5 Å². The van der Waals surface area contributed by atoms with E-state index in [1.165, 1.54) is 12.1 Å². The average Bonchev–Trinajstić information content (AvgIpc) is 3.18. The molecule has 160 valence electrons. The standard InChI is InChI=1S/C24H28FNO4/c1-14-20(23(28)30-13-17-5-4-10-29-17)21(15-6-8-16(25)9-7-15)22-18(26-14)11-24(2,3)12-19(22)27/h6-9,17,21-22H,4-5,10-13H2,1-3H3/t17-,21-,22-/m0/s1. The van der Waals surface area contributed by atoms with E-state index in [1.54, 1.807) is 19.1 Å². The number of halogens is 1. The molecule has 1 aromatic rings. The van der Waals surface area contributed by atoms with E-state index in [0.29, 0.717) is 30.7 Å². The van der Waals surface area contributed by atoms with Crippen molar-refractivity contribution >= 4 is 17.5 Å². The molecule has 1 saturated carbocycles. The van der Waals surface area contributed by atoms with Crippen LogP contribution in [0.2, 0.25) is 0 Å². The number of hydrogen-bond acceptors (Lipinski definition) is 5. The molecule has 2 fully saturated rings. The lowest BCUT2D eigenvalue weighted by Crippen LogP contribution is -2.44. The number of esters is 1. The van der Waals surface area contributed by atoms with Crippen molar-refractivity contribution in [3.63, 3.8) is 0 Å². The van der Waals surface area contributed by atoms with Crippen LogP contribution in [0.4, 0.5) is 4.39 Å². The molecule has 0 bridgehead atoms. The summed E-state index contributed by atoms with van der Waals surface area (Å²) in [6.07, 6.45) is 2.86. The third-order valence-electron chi connectivity index (χ3n) is 6.24. The van der Waals surface area contributed by atoms with E-state index < -0.39 is 17.8 Å². The number of hydrogen-bond donors (Lipinski definition) is 0. The van der Waals surface area contributed by atoms with Crippen LogP contribution < -0.4 is 0 Å². The summed E-state index contributed by atoms with van der Waals surface area (Å²) in [5.74, 6) is -1.80. The van der Waals surface area contributed by atoms with Crippen LogP contribution in [0.3, 0.4) is 0 Å². The molecular weight excluding hydrogens is 385 g/mol. The lowest BCUT2D eigenvalue weighted by molar-refractivity contribution is -0.142. The Hall–Kier alpha value is -2.34. The van der Waals surface area contributed by atoms with E-state index in [4.69, 9.17) is 14.5 Å². The van der Waals surface area contributed by atoms with Crippen LogP contribution in [0.1, 0.15) is 57.9 Å². The Balaban J connectivity index is 1.71. The number of allylic oxidation sites excluding steroid dienone is 1. The number of fused-ring (bicyclic) bond motifs is 1. The molecule has 2 heterocycles. The molecule has 3 atom stereocenters. The van der Waals surface area contributed by atoms with Gasteiger partial charge in [0.15, 0.2) is 0 Å². The zero-order valence-electron chi connectivity index (χ0n) is 17.7. The third kappa shape index (κ3) is 4.10. The zero-order valence-corrected chi connectivity index (χ0v) is 17.7. The lowest BCUT2D eigenvalue weighted by atomic mass is 9.63. The van der Waals surface area contributed by atoms with Crippen LogP contribution >= 0.6 is 0 Å². The summed E-state index contributed by atoms with van der Waals surface area (Å²) < 4.78 is 24.7. The first-order valence-corrected chi connectivity index (χ1v) is 10.6. The minimum absolute atomic E-state index is 0.0660. The molecule has 3 aliphatic rings. The van der Waals surface area contributed by atoms with Crippen molar-refractivity contribution in [3.05, 3.63) is 46.9 Å². The minimum Gasteiger partial charge on any atom is -0.460 e. The molecule has 6 heteroatoms. The first kappa shape index (κ1) is 20.9. The second-order valence-electron chi connectivity index (χ2n) is 9.33. The summed E-state index contributed by atoms with van der Waals surface area (Å²) in [4.78, 5) is 31.0. The highest BCUT2D eigenvalue weighted by Gasteiger charge is 2.47. The highest BCUT2D eigenvalue weighted by Crippen LogP contribution is 2.47. The van der Waals surface area contributed by atoms with Gasteiger partial charge in [0.1, 0.15) is 18.2 Å². The van der Waals surface area contributed by atoms with Crippen molar-refractivity contribution in [3.8, 4) is 0 Å². The summed E-state index contributed by atoms with van der Waals surface area (Å²) in [6, 6.07) is 6.03. The second kappa shape index (κ2) is 8.06. The quantitative estimate of drug-likeness (QED) is 0.688. The maximum atomic E-state index is 13.6. The van der Waals surface area contributed by atoms with Gasteiger partial charge in [-0.25, -0.2) is 9.18 Å².